The molecule has 0 amide bonds. The van der Waals surface area contributed by atoms with Crippen LogP contribution in [0, 0.1) is 10.1 Å². The average molecular weight is 313 g/mol. The summed E-state index contributed by atoms with van der Waals surface area (Å²) in [5, 5.41) is 29.7. The maximum atomic E-state index is 11.5. The van der Waals surface area contributed by atoms with Gasteiger partial charge >= 0.3 is 11.7 Å². The lowest BCUT2D eigenvalue weighted by Gasteiger charge is -2.05. The van der Waals surface area contributed by atoms with Crippen molar-refractivity contribution in [2.45, 2.75) is 13.3 Å². The highest BCUT2D eigenvalue weighted by Gasteiger charge is 2.15. The SMILES string of the molecule is CCc1ccc(/C(=C/c2ccc(O)c([N+](=O)[O-])c2)C(=O)O)cc1. The number of benzene rings is 2. The van der Waals surface area contributed by atoms with Gasteiger partial charge in [-0.15, -0.1) is 0 Å². The zero-order valence-corrected chi connectivity index (χ0v) is 12.4. The van der Waals surface area contributed by atoms with Crippen LogP contribution < -0.4 is 0 Å². The molecule has 0 aliphatic carbocycles. The Morgan fingerprint density at radius 1 is 1.22 bits per heavy atom. The number of hydrogen-bond donors (Lipinski definition) is 2. The topological polar surface area (TPSA) is 101 Å². The van der Waals surface area contributed by atoms with Crippen LogP contribution in [0.1, 0.15) is 23.6 Å². The van der Waals surface area contributed by atoms with Gasteiger partial charge in [0.2, 0.25) is 0 Å². The van der Waals surface area contributed by atoms with Crippen molar-refractivity contribution in [1.29, 1.82) is 0 Å². The minimum atomic E-state index is -1.13. The lowest BCUT2D eigenvalue weighted by atomic mass is 10.0. The minimum Gasteiger partial charge on any atom is -0.502 e. The molecule has 0 heterocycles. The van der Waals surface area contributed by atoms with Gasteiger partial charge in [0.05, 0.1) is 10.5 Å². The quantitative estimate of drug-likeness (QED) is 0.381. The van der Waals surface area contributed by atoms with Crippen LogP contribution in [0.3, 0.4) is 0 Å². The van der Waals surface area contributed by atoms with E-state index in [9.17, 15) is 25.1 Å². The van der Waals surface area contributed by atoms with Crippen molar-refractivity contribution >= 4 is 23.3 Å². The summed E-state index contributed by atoms with van der Waals surface area (Å²) in [5.41, 5.74) is 1.47. The van der Waals surface area contributed by atoms with Crippen molar-refractivity contribution in [1.82, 2.24) is 0 Å². The predicted molar refractivity (Wildman–Crippen MR) is 86.1 cm³/mol. The average Bonchev–Trinajstić information content (AvgIpc) is 2.53. The lowest BCUT2D eigenvalue weighted by Crippen LogP contribution is -2.00. The Morgan fingerprint density at radius 3 is 2.39 bits per heavy atom. The molecule has 0 saturated carbocycles. The number of nitro benzene ring substituents is 1. The summed E-state index contributed by atoms with van der Waals surface area (Å²) in [6, 6.07) is 10.8. The highest BCUT2D eigenvalue weighted by atomic mass is 16.6. The van der Waals surface area contributed by atoms with Crippen LogP contribution in [-0.2, 0) is 11.2 Å². The number of carbonyl (C=O) groups is 1. The summed E-state index contributed by atoms with van der Waals surface area (Å²) in [7, 11) is 0. The molecule has 0 aliphatic rings. The monoisotopic (exact) mass is 313 g/mol. The standard InChI is InChI=1S/C17H15NO5/c1-2-11-3-6-13(7-4-11)14(17(20)21)9-12-5-8-16(19)15(10-12)18(22)23/h3-10,19H,2H2,1H3,(H,20,21)/b14-9-. The van der Waals surface area contributed by atoms with Crippen molar-refractivity contribution in [3.8, 4) is 5.75 Å². The Hall–Kier alpha value is -3.15. The van der Waals surface area contributed by atoms with E-state index in [-0.39, 0.29) is 5.57 Å². The van der Waals surface area contributed by atoms with Crippen LogP contribution in [0.4, 0.5) is 5.69 Å². The fourth-order valence-electron chi connectivity index (χ4n) is 2.13. The molecule has 0 unspecified atom stereocenters. The Kier molecular flexibility index (Phi) is 4.75. The number of carboxylic acid groups (broad SMARTS) is 1. The number of phenolic OH excluding ortho intramolecular Hbond substituents is 1. The summed E-state index contributed by atoms with van der Waals surface area (Å²) < 4.78 is 0. The molecule has 0 atom stereocenters. The van der Waals surface area contributed by atoms with E-state index in [0.29, 0.717) is 11.1 Å². The van der Waals surface area contributed by atoms with Gasteiger partial charge in [-0.25, -0.2) is 4.79 Å². The molecular formula is C17H15NO5. The fraction of sp³-hybridized carbons (Fsp3) is 0.118. The number of aliphatic carboxylic acids is 1. The second-order valence-corrected chi connectivity index (χ2v) is 4.92. The van der Waals surface area contributed by atoms with Crippen LogP contribution in [0.25, 0.3) is 11.6 Å². The Labute approximate surface area is 132 Å². The molecular weight excluding hydrogens is 298 g/mol. The van der Waals surface area contributed by atoms with E-state index in [0.717, 1.165) is 18.1 Å². The molecule has 0 saturated heterocycles. The molecule has 118 valence electrons. The number of aromatic hydroxyl groups is 1. The second-order valence-electron chi connectivity index (χ2n) is 4.92. The third kappa shape index (κ3) is 3.74. The maximum Gasteiger partial charge on any atom is 0.336 e. The molecule has 0 aromatic heterocycles. The first kappa shape index (κ1) is 16.2. The number of hydrogen-bond acceptors (Lipinski definition) is 4. The van der Waals surface area contributed by atoms with Gasteiger partial charge in [0.1, 0.15) is 0 Å². The van der Waals surface area contributed by atoms with Gasteiger partial charge in [-0.2, -0.15) is 0 Å². The molecule has 0 fully saturated rings. The predicted octanol–water partition coefficient (Wildman–Crippen LogP) is 3.49. The van der Waals surface area contributed by atoms with E-state index in [1.165, 1.54) is 18.2 Å². The van der Waals surface area contributed by atoms with Crippen LogP contribution >= 0.6 is 0 Å². The molecule has 2 rings (SSSR count). The van der Waals surface area contributed by atoms with Crippen molar-refractivity contribution < 1.29 is 19.9 Å². The second kappa shape index (κ2) is 6.74. The Morgan fingerprint density at radius 2 is 1.87 bits per heavy atom. The molecule has 0 radical (unpaired) electrons. The first-order valence-electron chi connectivity index (χ1n) is 6.94. The van der Waals surface area contributed by atoms with E-state index >= 15 is 0 Å². The Bertz CT molecular complexity index is 778. The Balaban J connectivity index is 2.48. The van der Waals surface area contributed by atoms with Gasteiger partial charge in [-0.1, -0.05) is 37.3 Å². The summed E-state index contributed by atoms with van der Waals surface area (Å²) in [6.07, 6.45) is 2.19. The van der Waals surface area contributed by atoms with Gasteiger partial charge in [0, 0.05) is 6.07 Å². The van der Waals surface area contributed by atoms with Gasteiger partial charge in [-0.3, -0.25) is 10.1 Å². The largest absolute Gasteiger partial charge is 0.502 e. The van der Waals surface area contributed by atoms with Crippen LogP contribution in [-0.4, -0.2) is 21.1 Å². The summed E-state index contributed by atoms with van der Waals surface area (Å²) in [4.78, 5) is 21.6. The highest BCUT2D eigenvalue weighted by molar-refractivity contribution is 6.20. The third-order valence-electron chi connectivity index (χ3n) is 3.41. The number of phenols is 1. The normalized spacial score (nSPS) is 11.3. The zero-order valence-electron chi connectivity index (χ0n) is 12.4. The molecule has 6 heteroatoms. The molecule has 0 aliphatic heterocycles. The van der Waals surface area contributed by atoms with Gasteiger partial charge in [0.15, 0.2) is 5.75 Å². The van der Waals surface area contributed by atoms with Crippen LogP contribution in [0.2, 0.25) is 0 Å². The molecule has 2 aromatic rings. The highest BCUT2D eigenvalue weighted by Crippen LogP contribution is 2.28. The summed E-state index contributed by atoms with van der Waals surface area (Å²) >= 11 is 0. The van der Waals surface area contributed by atoms with Crippen LogP contribution in [0.5, 0.6) is 5.75 Å². The van der Waals surface area contributed by atoms with Gasteiger partial charge in [-0.05, 0) is 35.3 Å². The van der Waals surface area contributed by atoms with Crippen LogP contribution in [0.15, 0.2) is 42.5 Å². The van der Waals surface area contributed by atoms with Gasteiger partial charge in [0.25, 0.3) is 0 Å². The van der Waals surface area contributed by atoms with E-state index in [1.54, 1.807) is 12.1 Å². The number of aryl methyl sites for hydroxylation is 1. The number of nitrogens with zero attached hydrogens (tertiary/aromatic N) is 1. The van der Waals surface area contributed by atoms with Crippen molar-refractivity contribution in [2.75, 3.05) is 0 Å². The van der Waals surface area contributed by atoms with E-state index in [4.69, 9.17) is 0 Å². The molecule has 23 heavy (non-hydrogen) atoms. The third-order valence-corrected chi connectivity index (χ3v) is 3.41. The minimum absolute atomic E-state index is 0.0210. The first-order valence-corrected chi connectivity index (χ1v) is 6.94. The van der Waals surface area contributed by atoms with E-state index in [2.05, 4.69) is 0 Å². The molecule has 2 aromatic carbocycles. The number of rotatable bonds is 5. The van der Waals surface area contributed by atoms with Crippen molar-refractivity contribution in [3.05, 3.63) is 69.3 Å². The molecule has 0 bridgehead atoms. The van der Waals surface area contributed by atoms with Gasteiger partial charge < -0.3 is 10.2 Å². The smallest absolute Gasteiger partial charge is 0.336 e. The number of carboxylic acids is 1. The maximum absolute atomic E-state index is 11.5. The lowest BCUT2D eigenvalue weighted by molar-refractivity contribution is -0.385. The van der Waals surface area contributed by atoms with Crippen molar-refractivity contribution in [2.24, 2.45) is 0 Å². The van der Waals surface area contributed by atoms with E-state index < -0.39 is 22.3 Å². The fourth-order valence-corrected chi connectivity index (χ4v) is 2.13. The van der Waals surface area contributed by atoms with E-state index in [1.807, 2.05) is 19.1 Å². The number of nitro groups is 1. The molecule has 2 N–H and O–H groups in total. The molecule has 0 spiro atoms. The zero-order chi connectivity index (χ0) is 17.0. The summed E-state index contributed by atoms with van der Waals surface area (Å²) in [6.45, 7) is 2.00. The first-order chi connectivity index (χ1) is 10.9. The molecule has 6 nitrogen and oxygen atoms in total. The summed E-state index contributed by atoms with van der Waals surface area (Å²) in [5.74, 6) is -1.60. The van der Waals surface area contributed by atoms with Crippen molar-refractivity contribution in [3.63, 3.8) is 0 Å².